The minimum atomic E-state index is -1.95. The largest absolute Gasteiger partial charge is 0.410 e. The SMILES string of the molecule is CN1C(=O)c2c(c3c4ccccc4n(C4C=C[C@@H](O[Si](C)(C)C(C)(C)C)C4)c3c3[nH]c4ccccc4c23)C1=O. The lowest BCUT2D eigenvalue weighted by atomic mass is 9.96. The van der Waals surface area contributed by atoms with Crippen LogP contribution in [0.5, 0.6) is 0 Å². The number of carbonyl (C=O) groups is 2. The molecule has 7 heteroatoms. The van der Waals surface area contributed by atoms with Gasteiger partial charge < -0.3 is 14.0 Å². The van der Waals surface area contributed by atoms with Gasteiger partial charge in [0.2, 0.25) is 0 Å². The number of benzene rings is 3. The van der Waals surface area contributed by atoms with Crippen LogP contribution in [0, 0.1) is 0 Å². The van der Waals surface area contributed by atoms with Crippen LogP contribution in [0.2, 0.25) is 18.1 Å². The summed E-state index contributed by atoms with van der Waals surface area (Å²) < 4.78 is 9.16. The Bertz CT molecular complexity index is 1900. The topological polar surface area (TPSA) is 67.3 Å². The number of imide groups is 1. The molecule has 0 fully saturated rings. The molecule has 2 atom stereocenters. The Hall–Kier alpha value is -3.68. The van der Waals surface area contributed by atoms with Gasteiger partial charge in [0.1, 0.15) is 0 Å². The van der Waals surface area contributed by atoms with Crippen molar-refractivity contribution in [1.29, 1.82) is 0 Å². The van der Waals surface area contributed by atoms with E-state index < -0.39 is 8.32 Å². The minimum absolute atomic E-state index is 0.0362. The second-order valence-corrected chi connectivity index (χ2v) is 17.3. The summed E-state index contributed by atoms with van der Waals surface area (Å²) in [4.78, 5) is 32.1. The molecular formula is C32H33N3O3Si. The molecule has 3 aromatic carbocycles. The van der Waals surface area contributed by atoms with Crippen molar-refractivity contribution >= 4 is 63.7 Å². The Morgan fingerprint density at radius 3 is 2.26 bits per heavy atom. The zero-order valence-electron chi connectivity index (χ0n) is 23.3. The zero-order chi connectivity index (χ0) is 27.4. The number of aromatic amines is 1. The lowest BCUT2D eigenvalue weighted by Crippen LogP contribution is -2.43. The van der Waals surface area contributed by atoms with Crippen LogP contribution in [0.4, 0.5) is 0 Å². The maximum absolute atomic E-state index is 13.7. The van der Waals surface area contributed by atoms with Gasteiger partial charge in [0.05, 0.1) is 34.3 Å². The molecule has 1 aliphatic heterocycles. The van der Waals surface area contributed by atoms with Gasteiger partial charge in [-0.3, -0.25) is 14.5 Å². The van der Waals surface area contributed by atoms with E-state index in [-0.39, 0.29) is 29.0 Å². The maximum atomic E-state index is 13.7. The smallest absolute Gasteiger partial charge is 0.262 e. The summed E-state index contributed by atoms with van der Waals surface area (Å²) in [7, 11) is -0.368. The molecule has 1 aliphatic carbocycles. The predicted molar refractivity (Wildman–Crippen MR) is 160 cm³/mol. The number of nitrogens with one attached hydrogen (secondary N) is 1. The lowest BCUT2D eigenvalue weighted by Gasteiger charge is -2.38. The number of H-pyrrole nitrogens is 1. The summed E-state index contributed by atoms with van der Waals surface area (Å²) >= 11 is 0. The van der Waals surface area contributed by atoms with Crippen LogP contribution in [-0.2, 0) is 4.43 Å². The average molecular weight is 536 g/mol. The first-order chi connectivity index (χ1) is 18.5. The number of carbonyl (C=O) groups excluding carboxylic acids is 2. The van der Waals surface area contributed by atoms with Gasteiger partial charge >= 0.3 is 0 Å². The van der Waals surface area contributed by atoms with Gasteiger partial charge in [-0.1, -0.05) is 69.3 Å². The molecule has 2 aliphatic rings. The Balaban J connectivity index is 1.53. The summed E-state index contributed by atoms with van der Waals surface area (Å²) in [5.41, 5.74) is 4.90. The number of hydrogen-bond donors (Lipinski definition) is 1. The molecule has 0 spiro atoms. The second kappa shape index (κ2) is 7.93. The number of nitrogens with zero attached hydrogens (tertiary/aromatic N) is 2. The molecule has 39 heavy (non-hydrogen) atoms. The van der Waals surface area contributed by atoms with Crippen molar-refractivity contribution in [2.24, 2.45) is 0 Å². The third-order valence-corrected chi connectivity index (χ3v) is 13.8. The molecule has 7 rings (SSSR count). The highest BCUT2D eigenvalue weighted by atomic mass is 28.4. The average Bonchev–Trinajstić information content (AvgIpc) is 3.63. The molecule has 3 heterocycles. The summed E-state index contributed by atoms with van der Waals surface area (Å²) in [6.45, 7) is 11.4. The molecular weight excluding hydrogens is 502 g/mol. The number of aromatic nitrogens is 2. The Morgan fingerprint density at radius 1 is 0.897 bits per heavy atom. The van der Waals surface area contributed by atoms with Gasteiger partial charge in [-0.25, -0.2) is 0 Å². The van der Waals surface area contributed by atoms with Gasteiger partial charge in [0.15, 0.2) is 8.32 Å². The van der Waals surface area contributed by atoms with Crippen LogP contribution >= 0.6 is 0 Å². The Labute approximate surface area is 228 Å². The van der Waals surface area contributed by atoms with Gasteiger partial charge in [0.25, 0.3) is 11.8 Å². The van der Waals surface area contributed by atoms with Gasteiger partial charge in [-0.15, -0.1) is 0 Å². The van der Waals surface area contributed by atoms with E-state index in [1.54, 1.807) is 7.05 Å². The van der Waals surface area contributed by atoms with E-state index in [0.29, 0.717) is 11.1 Å². The van der Waals surface area contributed by atoms with E-state index in [4.69, 9.17) is 4.43 Å². The van der Waals surface area contributed by atoms with E-state index in [1.165, 1.54) is 4.90 Å². The van der Waals surface area contributed by atoms with Gasteiger partial charge in [0, 0.05) is 46.0 Å². The van der Waals surface area contributed by atoms with Crippen molar-refractivity contribution in [2.45, 2.75) is 57.5 Å². The minimum Gasteiger partial charge on any atom is -0.410 e. The summed E-state index contributed by atoms with van der Waals surface area (Å²) in [5, 5.41) is 3.75. The molecule has 5 aromatic rings. The fraction of sp³-hybridized carbons (Fsp3) is 0.312. The summed E-state index contributed by atoms with van der Waals surface area (Å²) in [6.07, 6.45) is 5.33. The molecule has 2 aromatic heterocycles. The molecule has 0 saturated carbocycles. The lowest BCUT2D eigenvalue weighted by molar-refractivity contribution is 0.0694. The van der Waals surface area contributed by atoms with Crippen LogP contribution in [0.25, 0.3) is 43.6 Å². The molecule has 0 radical (unpaired) electrons. The molecule has 2 amide bonds. The van der Waals surface area contributed by atoms with Crippen molar-refractivity contribution in [3.63, 3.8) is 0 Å². The third-order valence-electron chi connectivity index (χ3n) is 9.25. The maximum Gasteiger partial charge on any atom is 0.262 e. The van der Waals surface area contributed by atoms with Crippen LogP contribution < -0.4 is 0 Å². The zero-order valence-corrected chi connectivity index (χ0v) is 24.3. The standard InChI is InChI=1S/C32H33N3O3Si/c1-32(2,3)39(5,6)38-19-16-15-18(17-19)35-23-14-10-8-12-21(23)25-27-26(30(36)34(4)31(27)37)24-20-11-7-9-13-22(20)33-28(24)29(25)35/h7-16,18-19,33H,17H2,1-6H3/t18?,19-/m1/s1. The number of hydrogen-bond acceptors (Lipinski definition) is 3. The second-order valence-electron chi connectivity index (χ2n) is 12.6. The summed E-state index contributed by atoms with van der Waals surface area (Å²) in [5.74, 6) is -0.483. The summed E-state index contributed by atoms with van der Waals surface area (Å²) in [6, 6.07) is 16.3. The molecule has 1 N–H and O–H groups in total. The van der Waals surface area contributed by atoms with Crippen molar-refractivity contribution in [3.8, 4) is 0 Å². The number of rotatable bonds is 3. The monoisotopic (exact) mass is 535 g/mol. The molecule has 198 valence electrons. The van der Waals surface area contributed by atoms with E-state index in [0.717, 1.165) is 50.0 Å². The third kappa shape index (κ3) is 3.23. The van der Waals surface area contributed by atoms with Gasteiger partial charge in [-0.05, 0) is 30.3 Å². The van der Waals surface area contributed by atoms with E-state index in [2.05, 4.69) is 67.7 Å². The fourth-order valence-corrected chi connectivity index (χ4v) is 7.56. The van der Waals surface area contributed by atoms with Crippen LogP contribution in [0.3, 0.4) is 0 Å². The Kier molecular flexibility index (Phi) is 4.95. The van der Waals surface area contributed by atoms with E-state index in [1.807, 2.05) is 36.4 Å². The Morgan fingerprint density at radius 2 is 1.54 bits per heavy atom. The first-order valence-electron chi connectivity index (χ1n) is 13.7. The van der Waals surface area contributed by atoms with E-state index in [9.17, 15) is 9.59 Å². The molecule has 0 bridgehead atoms. The highest BCUT2D eigenvalue weighted by molar-refractivity contribution is 6.74. The van der Waals surface area contributed by atoms with Crippen molar-refractivity contribution < 1.29 is 14.0 Å². The predicted octanol–water partition coefficient (Wildman–Crippen LogP) is 7.55. The van der Waals surface area contributed by atoms with Crippen molar-refractivity contribution in [1.82, 2.24) is 14.5 Å². The number of amides is 2. The van der Waals surface area contributed by atoms with Gasteiger partial charge in [-0.2, -0.15) is 0 Å². The normalized spacial score (nSPS) is 20.0. The van der Waals surface area contributed by atoms with Crippen molar-refractivity contribution in [3.05, 3.63) is 71.8 Å². The fourth-order valence-electron chi connectivity index (χ4n) is 6.27. The molecule has 6 nitrogen and oxygen atoms in total. The van der Waals surface area contributed by atoms with E-state index >= 15 is 0 Å². The number of fused-ring (bicyclic) bond motifs is 10. The van der Waals surface area contributed by atoms with Crippen LogP contribution in [0.15, 0.2) is 60.7 Å². The molecule has 1 unspecified atom stereocenters. The van der Waals surface area contributed by atoms with Crippen LogP contribution in [0.1, 0.15) is 53.9 Å². The quantitative estimate of drug-likeness (QED) is 0.147. The molecule has 0 saturated heterocycles. The van der Waals surface area contributed by atoms with Crippen LogP contribution in [-0.4, -0.2) is 47.7 Å². The highest BCUT2D eigenvalue weighted by Gasteiger charge is 2.42. The first-order valence-corrected chi connectivity index (χ1v) is 16.6. The van der Waals surface area contributed by atoms with Crippen molar-refractivity contribution in [2.75, 3.05) is 7.05 Å². The first kappa shape index (κ1) is 24.4. The number of allylic oxidation sites excluding steroid dienone is 1. The highest BCUT2D eigenvalue weighted by Crippen LogP contribution is 2.47. The number of para-hydroxylation sites is 2.